The number of carboxylic acid groups (broad SMARTS) is 1. The summed E-state index contributed by atoms with van der Waals surface area (Å²) >= 11 is 0. The van der Waals surface area contributed by atoms with Crippen LogP contribution in [0, 0.1) is 5.41 Å². The van der Waals surface area contributed by atoms with E-state index in [0.29, 0.717) is 30.9 Å². The SMILES string of the molecule is COc1ccc(CNC(=O)CC2(C(=O)O)CCC2)cc1OC1CCCC1. The lowest BCUT2D eigenvalue weighted by atomic mass is 9.66. The maximum absolute atomic E-state index is 12.2. The van der Waals surface area contributed by atoms with Crippen molar-refractivity contribution >= 4 is 11.9 Å². The van der Waals surface area contributed by atoms with Gasteiger partial charge in [-0.1, -0.05) is 12.5 Å². The van der Waals surface area contributed by atoms with Gasteiger partial charge in [-0.25, -0.2) is 0 Å². The minimum Gasteiger partial charge on any atom is -0.493 e. The van der Waals surface area contributed by atoms with Crippen molar-refractivity contribution in [1.29, 1.82) is 0 Å². The molecule has 26 heavy (non-hydrogen) atoms. The van der Waals surface area contributed by atoms with E-state index >= 15 is 0 Å². The summed E-state index contributed by atoms with van der Waals surface area (Å²) < 4.78 is 11.4. The average molecular weight is 361 g/mol. The Bertz CT molecular complexity index is 662. The van der Waals surface area contributed by atoms with Gasteiger partial charge in [-0.15, -0.1) is 0 Å². The summed E-state index contributed by atoms with van der Waals surface area (Å²) in [7, 11) is 1.61. The zero-order chi connectivity index (χ0) is 18.6. The normalized spacial score (nSPS) is 18.8. The highest BCUT2D eigenvalue weighted by atomic mass is 16.5. The molecule has 6 heteroatoms. The van der Waals surface area contributed by atoms with E-state index in [-0.39, 0.29) is 18.4 Å². The van der Waals surface area contributed by atoms with E-state index in [1.807, 2.05) is 18.2 Å². The smallest absolute Gasteiger partial charge is 0.310 e. The van der Waals surface area contributed by atoms with Gasteiger partial charge < -0.3 is 19.9 Å². The number of carbonyl (C=O) groups excluding carboxylic acids is 1. The molecule has 1 amide bonds. The second-order valence-corrected chi connectivity index (χ2v) is 7.40. The molecule has 2 saturated carbocycles. The van der Waals surface area contributed by atoms with Crippen molar-refractivity contribution in [2.45, 2.75) is 64.0 Å². The molecule has 0 aromatic heterocycles. The highest BCUT2D eigenvalue weighted by molar-refractivity contribution is 5.85. The number of methoxy groups -OCH3 is 1. The van der Waals surface area contributed by atoms with Crippen LogP contribution in [0.2, 0.25) is 0 Å². The highest BCUT2D eigenvalue weighted by Crippen LogP contribution is 2.44. The Morgan fingerprint density at radius 2 is 1.92 bits per heavy atom. The zero-order valence-corrected chi connectivity index (χ0v) is 15.3. The summed E-state index contributed by atoms with van der Waals surface area (Å²) in [6.07, 6.45) is 6.80. The second kappa shape index (κ2) is 7.98. The van der Waals surface area contributed by atoms with Crippen LogP contribution in [0.15, 0.2) is 18.2 Å². The summed E-state index contributed by atoms with van der Waals surface area (Å²) in [6, 6.07) is 5.63. The molecule has 2 aliphatic carbocycles. The first-order valence-electron chi connectivity index (χ1n) is 9.36. The van der Waals surface area contributed by atoms with Crippen LogP contribution < -0.4 is 14.8 Å². The number of ether oxygens (including phenoxy) is 2. The molecule has 0 unspecified atom stereocenters. The van der Waals surface area contributed by atoms with Gasteiger partial charge in [-0.2, -0.15) is 0 Å². The molecular formula is C20H27NO5. The fourth-order valence-electron chi connectivity index (χ4n) is 3.75. The molecule has 0 aliphatic heterocycles. The fraction of sp³-hybridized carbons (Fsp3) is 0.600. The predicted octanol–water partition coefficient (Wildman–Crippen LogP) is 3.28. The third-order valence-electron chi connectivity index (χ3n) is 5.58. The Labute approximate surface area is 153 Å². The highest BCUT2D eigenvalue weighted by Gasteiger charge is 2.45. The number of amides is 1. The summed E-state index contributed by atoms with van der Waals surface area (Å²) in [5.74, 6) is 0.301. The number of carbonyl (C=O) groups is 2. The van der Waals surface area contributed by atoms with Gasteiger partial charge in [0.15, 0.2) is 11.5 Å². The maximum Gasteiger partial charge on any atom is 0.310 e. The summed E-state index contributed by atoms with van der Waals surface area (Å²) in [5, 5.41) is 12.2. The lowest BCUT2D eigenvalue weighted by molar-refractivity contribution is -0.157. The molecule has 3 rings (SSSR count). The van der Waals surface area contributed by atoms with Gasteiger partial charge in [0.05, 0.1) is 18.6 Å². The van der Waals surface area contributed by atoms with Crippen LogP contribution >= 0.6 is 0 Å². The molecule has 0 heterocycles. The quantitative estimate of drug-likeness (QED) is 0.742. The summed E-state index contributed by atoms with van der Waals surface area (Å²) in [5.41, 5.74) is 0.0471. The van der Waals surface area contributed by atoms with Crippen LogP contribution in [0.25, 0.3) is 0 Å². The minimum atomic E-state index is -0.865. The van der Waals surface area contributed by atoms with Crippen molar-refractivity contribution in [3.63, 3.8) is 0 Å². The first-order valence-corrected chi connectivity index (χ1v) is 9.36. The zero-order valence-electron chi connectivity index (χ0n) is 15.3. The van der Waals surface area contributed by atoms with E-state index in [4.69, 9.17) is 9.47 Å². The maximum atomic E-state index is 12.2. The molecule has 0 bridgehead atoms. The van der Waals surface area contributed by atoms with Gasteiger partial charge in [0.25, 0.3) is 0 Å². The van der Waals surface area contributed by atoms with Crippen molar-refractivity contribution in [1.82, 2.24) is 5.32 Å². The Balaban J connectivity index is 1.58. The first-order chi connectivity index (χ1) is 12.5. The first kappa shape index (κ1) is 18.5. The van der Waals surface area contributed by atoms with E-state index in [1.54, 1.807) is 7.11 Å². The van der Waals surface area contributed by atoms with Crippen LogP contribution in [-0.2, 0) is 16.1 Å². The van der Waals surface area contributed by atoms with Gasteiger partial charge in [-0.05, 0) is 56.2 Å². The number of rotatable bonds is 8. The van der Waals surface area contributed by atoms with Crippen LogP contribution in [0.3, 0.4) is 0 Å². The molecule has 1 aromatic rings. The second-order valence-electron chi connectivity index (χ2n) is 7.40. The standard InChI is InChI=1S/C20H27NO5/c1-25-16-8-7-14(11-17(16)26-15-5-2-3-6-15)13-21-18(22)12-20(19(23)24)9-4-10-20/h7-8,11,15H,2-6,9-10,12-13H2,1H3,(H,21,22)(H,23,24). The third kappa shape index (κ3) is 4.11. The summed E-state index contributed by atoms with van der Waals surface area (Å²) in [4.78, 5) is 23.6. The molecular weight excluding hydrogens is 334 g/mol. The largest absolute Gasteiger partial charge is 0.493 e. The molecule has 6 nitrogen and oxygen atoms in total. The Kier molecular flexibility index (Phi) is 5.69. The van der Waals surface area contributed by atoms with Gasteiger partial charge in [0, 0.05) is 13.0 Å². The van der Waals surface area contributed by atoms with E-state index in [0.717, 1.165) is 24.8 Å². The van der Waals surface area contributed by atoms with Gasteiger partial charge in [-0.3, -0.25) is 9.59 Å². The molecule has 2 aliphatic rings. The number of hydrogen-bond acceptors (Lipinski definition) is 4. The van der Waals surface area contributed by atoms with Crippen LogP contribution in [0.1, 0.15) is 56.9 Å². The molecule has 0 atom stereocenters. The predicted molar refractivity (Wildman–Crippen MR) is 96.3 cm³/mol. The van der Waals surface area contributed by atoms with Crippen molar-refractivity contribution in [3.05, 3.63) is 23.8 Å². The van der Waals surface area contributed by atoms with E-state index in [1.165, 1.54) is 12.8 Å². The van der Waals surface area contributed by atoms with Crippen molar-refractivity contribution in [2.24, 2.45) is 5.41 Å². The van der Waals surface area contributed by atoms with Gasteiger partial charge in [0.2, 0.25) is 5.91 Å². The number of aliphatic carboxylic acids is 1. The van der Waals surface area contributed by atoms with E-state index in [9.17, 15) is 14.7 Å². The van der Waals surface area contributed by atoms with E-state index in [2.05, 4.69) is 5.32 Å². The van der Waals surface area contributed by atoms with Crippen LogP contribution in [0.4, 0.5) is 0 Å². The van der Waals surface area contributed by atoms with E-state index < -0.39 is 11.4 Å². The monoisotopic (exact) mass is 361 g/mol. The summed E-state index contributed by atoms with van der Waals surface area (Å²) in [6.45, 7) is 0.347. The van der Waals surface area contributed by atoms with Crippen molar-refractivity contribution in [3.8, 4) is 11.5 Å². The lowest BCUT2D eigenvalue weighted by Gasteiger charge is -2.36. The number of benzene rings is 1. The molecule has 2 fully saturated rings. The number of hydrogen-bond donors (Lipinski definition) is 2. The minimum absolute atomic E-state index is 0.0456. The Morgan fingerprint density at radius 1 is 1.19 bits per heavy atom. The molecule has 0 radical (unpaired) electrons. The third-order valence-corrected chi connectivity index (χ3v) is 5.58. The van der Waals surface area contributed by atoms with Gasteiger partial charge in [0.1, 0.15) is 0 Å². The number of carboxylic acids is 1. The molecule has 1 aromatic carbocycles. The van der Waals surface area contributed by atoms with Crippen LogP contribution in [0.5, 0.6) is 11.5 Å². The lowest BCUT2D eigenvalue weighted by Crippen LogP contribution is -2.42. The molecule has 0 saturated heterocycles. The molecule has 2 N–H and O–H groups in total. The van der Waals surface area contributed by atoms with Gasteiger partial charge >= 0.3 is 5.97 Å². The Hall–Kier alpha value is -2.24. The number of nitrogens with one attached hydrogen (secondary N) is 1. The molecule has 142 valence electrons. The topological polar surface area (TPSA) is 84.9 Å². The van der Waals surface area contributed by atoms with Crippen molar-refractivity contribution in [2.75, 3.05) is 7.11 Å². The van der Waals surface area contributed by atoms with Crippen LogP contribution in [-0.4, -0.2) is 30.2 Å². The fourth-order valence-corrected chi connectivity index (χ4v) is 3.75. The van der Waals surface area contributed by atoms with Crippen molar-refractivity contribution < 1.29 is 24.2 Å². The Morgan fingerprint density at radius 3 is 2.50 bits per heavy atom. The average Bonchev–Trinajstić information content (AvgIpc) is 3.09. The molecule has 0 spiro atoms.